The third-order valence-corrected chi connectivity index (χ3v) is 3.17. The van der Waals surface area contributed by atoms with Crippen LogP contribution in [0.4, 0.5) is 5.69 Å². The second kappa shape index (κ2) is 4.56. The van der Waals surface area contributed by atoms with Gasteiger partial charge in [-0.15, -0.1) is 0 Å². The molecule has 1 N–H and O–H groups in total. The average molecular weight is 255 g/mol. The van der Waals surface area contributed by atoms with Gasteiger partial charge >= 0.3 is 0 Å². The molecule has 0 saturated heterocycles. The Balaban J connectivity index is 2.35. The van der Waals surface area contributed by atoms with Crippen LogP contribution in [0.25, 0.3) is 0 Å². The van der Waals surface area contributed by atoms with Gasteiger partial charge in [0.15, 0.2) is 0 Å². The van der Waals surface area contributed by atoms with Gasteiger partial charge in [0.2, 0.25) is 10.0 Å². The van der Waals surface area contributed by atoms with Gasteiger partial charge < -0.3 is 4.74 Å². The second-order valence-electron chi connectivity index (χ2n) is 4.34. The number of hydrogen-bond acceptors (Lipinski definition) is 3. The van der Waals surface area contributed by atoms with Gasteiger partial charge in [-0.25, -0.2) is 8.42 Å². The fourth-order valence-corrected chi connectivity index (χ4v) is 2.24. The van der Waals surface area contributed by atoms with Crippen LogP contribution in [0.3, 0.4) is 0 Å². The summed E-state index contributed by atoms with van der Waals surface area (Å²) in [7, 11) is -3.28. The Morgan fingerprint density at radius 3 is 2.65 bits per heavy atom. The lowest BCUT2D eigenvalue weighted by Crippen LogP contribution is -2.13. The molecule has 0 spiro atoms. The number of hydrogen-bond donors (Lipinski definition) is 1. The van der Waals surface area contributed by atoms with Crippen molar-refractivity contribution in [3.8, 4) is 5.75 Å². The van der Waals surface area contributed by atoms with E-state index in [1.165, 1.54) is 0 Å². The summed E-state index contributed by atoms with van der Waals surface area (Å²) in [6.45, 7) is 1.99. The average Bonchev–Trinajstić information content (AvgIpc) is 3.02. The Morgan fingerprint density at radius 2 is 2.12 bits per heavy atom. The fraction of sp³-hybridized carbons (Fsp3) is 0.500. The smallest absolute Gasteiger partial charge is 0.229 e. The monoisotopic (exact) mass is 255 g/mol. The van der Waals surface area contributed by atoms with Crippen molar-refractivity contribution in [2.24, 2.45) is 0 Å². The van der Waals surface area contributed by atoms with Gasteiger partial charge in [0.1, 0.15) is 5.75 Å². The summed E-state index contributed by atoms with van der Waals surface area (Å²) in [5.74, 6) is 0.636. The molecule has 1 aromatic rings. The summed E-state index contributed by atoms with van der Waals surface area (Å²) < 4.78 is 31.0. The lowest BCUT2D eigenvalue weighted by Gasteiger charge is -2.15. The van der Waals surface area contributed by atoms with Crippen LogP contribution in [0.15, 0.2) is 18.2 Å². The van der Waals surface area contributed by atoms with Crippen LogP contribution in [0.5, 0.6) is 5.75 Å². The van der Waals surface area contributed by atoms with Gasteiger partial charge in [-0.2, -0.15) is 0 Å². The van der Waals surface area contributed by atoms with E-state index < -0.39 is 10.0 Å². The highest BCUT2D eigenvalue weighted by Gasteiger charge is 2.25. The predicted molar refractivity (Wildman–Crippen MR) is 67.9 cm³/mol. The topological polar surface area (TPSA) is 55.4 Å². The van der Waals surface area contributed by atoms with E-state index in [1.54, 1.807) is 0 Å². The summed E-state index contributed by atoms with van der Waals surface area (Å²) in [4.78, 5) is 0. The summed E-state index contributed by atoms with van der Waals surface area (Å²) in [5.41, 5.74) is 1.54. The van der Waals surface area contributed by atoms with E-state index in [0.717, 1.165) is 31.1 Å². The largest absolute Gasteiger partial charge is 0.488 e. The highest BCUT2D eigenvalue weighted by Crippen LogP contribution is 2.34. The zero-order valence-corrected chi connectivity index (χ0v) is 10.9. The third-order valence-electron chi connectivity index (χ3n) is 2.60. The quantitative estimate of drug-likeness (QED) is 0.877. The minimum absolute atomic E-state index is 0.252. The van der Waals surface area contributed by atoms with E-state index in [1.807, 2.05) is 25.1 Å². The number of ether oxygens (including phenoxy) is 1. The lowest BCUT2D eigenvalue weighted by atomic mass is 10.1. The van der Waals surface area contributed by atoms with Crippen molar-refractivity contribution in [2.75, 3.05) is 11.0 Å². The number of benzene rings is 1. The van der Waals surface area contributed by atoms with Crippen molar-refractivity contribution >= 4 is 15.7 Å². The number of rotatable bonds is 5. The first-order valence-corrected chi connectivity index (χ1v) is 7.65. The van der Waals surface area contributed by atoms with E-state index in [9.17, 15) is 8.42 Å². The zero-order valence-electron chi connectivity index (χ0n) is 10.1. The van der Waals surface area contributed by atoms with E-state index in [-0.39, 0.29) is 6.10 Å². The Bertz CT molecular complexity index is 506. The van der Waals surface area contributed by atoms with Gasteiger partial charge in [0.05, 0.1) is 18.0 Å². The third kappa shape index (κ3) is 3.36. The Kier molecular flexibility index (Phi) is 3.28. The maximum absolute atomic E-state index is 11.4. The van der Waals surface area contributed by atoms with Crippen LogP contribution >= 0.6 is 0 Å². The fourth-order valence-electron chi connectivity index (χ4n) is 1.64. The van der Waals surface area contributed by atoms with Crippen molar-refractivity contribution in [2.45, 2.75) is 32.3 Å². The lowest BCUT2D eigenvalue weighted by molar-refractivity contribution is 0.304. The van der Waals surface area contributed by atoms with Crippen LogP contribution in [-0.4, -0.2) is 20.8 Å². The zero-order chi connectivity index (χ0) is 12.5. The van der Waals surface area contributed by atoms with E-state index >= 15 is 0 Å². The van der Waals surface area contributed by atoms with Gasteiger partial charge in [-0.05, 0) is 30.9 Å². The van der Waals surface area contributed by atoms with Crippen LogP contribution in [0.2, 0.25) is 0 Å². The van der Waals surface area contributed by atoms with E-state index in [0.29, 0.717) is 11.4 Å². The standard InChI is InChI=1S/C12H17NO3S/c1-3-9-5-4-6-11(16-10-7-8-10)12(9)13-17(2,14)15/h4-6,10,13H,3,7-8H2,1-2H3. The summed E-state index contributed by atoms with van der Waals surface area (Å²) in [6.07, 6.45) is 4.27. The number of aryl methyl sites for hydroxylation is 1. The molecule has 0 heterocycles. The van der Waals surface area contributed by atoms with Crippen molar-refractivity contribution < 1.29 is 13.2 Å². The second-order valence-corrected chi connectivity index (χ2v) is 6.08. The molecule has 0 unspecified atom stereocenters. The molecule has 0 atom stereocenters. The molecule has 1 saturated carbocycles. The van der Waals surface area contributed by atoms with Crippen LogP contribution in [0.1, 0.15) is 25.3 Å². The summed E-state index contributed by atoms with van der Waals surface area (Å²) in [5, 5.41) is 0. The maximum atomic E-state index is 11.4. The molecule has 0 aliphatic heterocycles. The van der Waals surface area contributed by atoms with E-state index in [2.05, 4.69) is 4.72 Å². The normalized spacial score (nSPS) is 15.6. The van der Waals surface area contributed by atoms with Crippen molar-refractivity contribution in [1.29, 1.82) is 0 Å². The molecule has 2 rings (SSSR count). The van der Waals surface area contributed by atoms with Crippen LogP contribution in [-0.2, 0) is 16.4 Å². The molecule has 0 radical (unpaired) electrons. The first-order chi connectivity index (χ1) is 7.99. The van der Waals surface area contributed by atoms with Crippen LogP contribution < -0.4 is 9.46 Å². The van der Waals surface area contributed by atoms with Crippen molar-refractivity contribution in [3.63, 3.8) is 0 Å². The molecule has 0 amide bonds. The van der Waals surface area contributed by atoms with Gasteiger partial charge in [-0.1, -0.05) is 19.1 Å². The number of nitrogens with one attached hydrogen (secondary N) is 1. The molecular weight excluding hydrogens is 238 g/mol. The summed E-state index contributed by atoms with van der Waals surface area (Å²) in [6, 6.07) is 5.61. The Hall–Kier alpha value is -1.23. The molecule has 1 fully saturated rings. The molecule has 1 aromatic carbocycles. The minimum atomic E-state index is -3.28. The molecule has 94 valence electrons. The highest BCUT2D eigenvalue weighted by atomic mass is 32.2. The van der Waals surface area contributed by atoms with Gasteiger partial charge in [-0.3, -0.25) is 4.72 Å². The van der Waals surface area contributed by atoms with Gasteiger partial charge in [0, 0.05) is 0 Å². The number of anilines is 1. The first kappa shape index (κ1) is 12.2. The molecule has 1 aliphatic rings. The minimum Gasteiger partial charge on any atom is -0.488 e. The number of sulfonamides is 1. The molecular formula is C12H17NO3S. The SMILES string of the molecule is CCc1cccc(OC2CC2)c1NS(C)(=O)=O. The maximum Gasteiger partial charge on any atom is 0.229 e. The molecule has 4 nitrogen and oxygen atoms in total. The van der Waals surface area contributed by atoms with E-state index in [4.69, 9.17) is 4.74 Å². The summed E-state index contributed by atoms with van der Waals surface area (Å²) >= 11 is 0. The Labute approximate surface area is 102 Å². The van der Waals surface area contributed by atoms with Crippen LogP contribution in [0, 0.1) is 0 Å². The van der Waals surface area contributed by atoms with Gasteiger partial charge in [0.25, 0.3) is 0 Å². The van der Waals surface area contributed by atoms with Crippen molar-refractivity contribution in [1.82, 2.24) is 0 Å². The molecule has 1 aliphatic carbocycles. The van der Waals surface area contributed by atoms with Crippen molar-refractivity contribution in [3.05, 3.63) is 23.8 Å². The molecule has 0 aromatic heterocycles. The molecule has 17 heavy (non-hydrogen) atoms. The first-order valence-electron chi connectivity index (χ1n) is 5.76. The molecule has 5 heteroatoms. The Morgan fingerprint density at radius 1 is 1.41 bits per heavy atom. The highest BCUT2D eigenvalue weighted by molar-refractivity contribution is 7.92. The predicted octanol–water partition coefficient (Wildman–Crippen LogP) is 2.16. The number of para-hydroxylation sites is 1. The molecule has 0 bridgehead atoms.